The van der Waals surface area contributed by atoms with E-state index in [1.54, 1.807) is 0 Å². The second kappa shape index (κ2) is 16.3. The third-order valence-corrected chi connectivity index (χ3v) is 13.4. The van der Waals surface area contributed by atoms with Crippen molar-refractivity contribution in [1.82, 2.24) is 4.57 Å². The van der Waals surface area contributed by atoms with Crippen molar-refractivity contribution in [3.63, 3.8) is 0 Å². The van der Waals surface area contributed by atoms with Gasteiger partial charge in [-0.05, 0) is 101 Å². The number of rotatable bonds is 8. The highest BCUT2D eigenvalue weighted by Gasteiger charge is 2.25. The van der Waals surface area contributed by atoms with E-state index < -0.39 is 0 Å². The van der Waals surface area contributed by atoms with Crippen LogP contribution in [-0.2, 0) is 0 Å². The number of anilines is 3. The van der Waals surface area contributed by atoms with Crippen LogP contribution >= 0.6 is 31.9 Å². The van der Waals surface area contributed by atoms with E-state index in [4.69, 9.17) is 4.42 Å². The summed E-state index contributed by atoms with van der Waals surface area (Å²) >= 11 is 7.96. The van der Waals surface area contributed by atoms with Crippen LogP contribution in [0.15, 0.2) is 244 Å². The zero-order valence-electron chi connectivity index (χ0n) is 35.0. The fourth-order valence-electron chi connectivity index (χ4n) is 9.70. The maximum absolute atomic E-state index is 6.35. The lowest BCUT2D eigenvalue weighted by molar-refractivity contribution is 0.669. The van der Waals surface area contributed by atoms with Gasteiger partial charge < -0.3 is 13.9 Å². The third-order valence-electron chi connectivity index (χ3n) is 12.5. The Balaban J connectivity index is 1.17. The molecule has 2 aromatic heterocycles. The molecule has 0 amide bonds. The SMILES string of the molecule is Brc1cccc(N(c2cc(Br)cc(-c3c(-c4ccc5oc6ccccc6c5c4)cccc3-n3c4ccccc4c4ccccc43)c2)c2c(-c3ccccc3)cccc2-c2ccccc2)c1. The van der Waals surface area contributed by atoms with Gasteiger partial charge in [-0.2, -0.15) is 0 Å². The molecule has 0 fully saturated rings. The summed E-state index contributed by atoms with van der Waals surface area (Å²) in [5.41, 5.74) is 17.2. The van der Waals surface area contributed by atoms with Gasteiger partial charge in [-0.15, -0.1) is 0 Å². The smallest absolute Gasteiger partial charge is 0.135 e. The highest BCUT2D eigenvalue weighted by molar-refractivity contribution is 9.10. The molecule has 12 aromatic rings. The van der Waals surface area contributed by atoms with E-state index in [2.05, 4.69) is 260 Å². The van der Waals surface area contributed by atoms with Gasteiger partial charge in [0, 0.05) is 58.6 Å². The monoisotopic (exact) mass is 960 g/mol. The van der Waals surface area contributed by atoms with Crippen molar-refractivity contribution in [2.24, 2.45) is 0 Å². The van der Waals surface area contributed by atoms with Crippen LogP contribution in [0.3, 0.4) is 0 Å². The second-order valence-corrected chi connectivity index (χ2v) is 18.2. The summed E-state index contributed by atoms with van der Waals surface area (Å²) in [6.45, 7) is 0. The normalized spacial score (nSPS) is 11.5. The number of nitrogens with zero attached hydrogens (tertiary/aromatic N) is 2. The Morgan fingerprint density at radius 1 is 0.354 bits per heavy atom. The second-order valence-electron chi connectivity index (χ2n) is 16.3. The molecule has 65 heavy (non-hydrogen) atoms. The van der Waals surface area contributed by atoms with E-state index in [0.29, 0.717) is 0 Å². The van der Waals surface area contributed by atoms with Crippen molar-refractivity contribution < 1.29 is 4.42 Å². The van der Waals surface area contributed by atoms with Crippen LogP contribution < -0.4 is 4.90 Å². The zero-order valence-corrected chi connectivity index (χ0v) is 38.2. The fraction of sp³-hybridized carbons (Fsp3) is 0. The Morgan fingerprint density at radius 2 is 0.923 bits per heavy atom. The van der Waals surface area contributed by atoms with Gasteiger partial charge in [0.1, 0.15) is 11.2 Å². The number of para-hydroxylation sites is 4. The van der Waals surface area contributed by atoms with Crippen LogP contribution in [0.4, 0.5) is 17.1 Å². The van der Waals surface area contributed by atoms with Crippen LogP contribution in [0.1, 0.15) is 0 Å². The van der Waals surface area contributed by atoms with E-state index in [9.17, 15) is 0 Å². The van der Waals surface area contributed by atoms with E-state index >= 15 is 0 Å². The first-order chi connectivity index (χ1) is 32.1. The minimum absolute atomic E-state index is 0.871. The Morgan fingerprint density at radius 3 is 1.62 bits per heavy atom. The lowest BCUT2D eigenvalue weighted by Crippen LogP contribution is -2.13. The van der Waals surface area contributed by atoms with E-state index in [1.165, 1.54) is 10.8 Å². The quantitative estimate of drug-likeness (QED) is 0.151. The number of halogens is 2. The molecule has 308 valence electrons. The molecule has 0 aliphatic rings. The number of furan rings is 1. The van der Waals surface area contributed by atoms with Crippen LogP contribution in [0, 0.1) is 0 Å². The predicted octanol–water partition coefficient (Wildman–Crippen LogP) is 18.3. The first-order valence-electron chi connectivity index (χ1n) is 21.7. The van der Waals surface area contributed by atoms with Crippen molar-refractivity contribution in [3.05, 3.63) is 239 Å². The number of fused-ring (bicyclic) bond motifs is 6. The summed E-state index contributed by atoms with van der Waals surface area (Å²) in [6, 6.07) is 82.7. The molecule has 0 atom stereocenters. The van der Waals surface area contributed by atoms with E-state index in [1.807, 2.05) is 12.1 Å². The van der Waals surface area contributed by atoms with Gasteiger partial charge in [0.2, 0.25) is 0 Å². The number of benzene rings is 10. The Hall–Kier alpha value is -7.44. The van der Waals surface area contributed by atoms with Crippen LogP contribution in [0.2, 0.25) is 0 Å². The van der Waals surface area contributed by atoms with Crippen LogP contribution in [-0.4, -0.2) is 4.57 Å². The lowest BCUT2D eigenvalue weighted by Gasteiger charge is -2.31. The molecule has 0 spiro atoms. The average Bonchev–Trinajstić information content (AvgIpc) is 3.90. The summed E-state index contributed by atoms with van der Waals surface area (Å²) in [4.78, 5) is 2.43. The van der Waals surface area contributed by atoms with E-state index in [0.717, 1.165) is 109 Å². The summed E-state index contributed by atoms with van der Waals surface area (Å²) < 4.78 is 10.8. The van der Waals surface area contributed by atoms with Crippen molar-refractivity contribution in [2.45, 2.75) is 0 Å². The highest BCUT2D eigenvalue weighted by Crippen LogP contribution is 2.50. The van der Waals surface area contributed by atoms with Crippen molar-refractivity contribution in [2.75, 3.05) is 4.90 Å². The standard InChI is InChI=1S/C60H38Br2N2O/c61-43-20-13-21-45(37-43)63(60-48(39-16-3-1-4-17-39)26-14-27-49(60)40-18-5-2-6-19-40)46-35-42(34-44(62)38-46)59-47(41-32-33-58-53(36-41)52-24-9-12-31-57(52)65-58)25-15-30-56(59)64-54-28-10-7-22-50(54)51-23-8-11-29-55(51)64/h1-38H. The average molecular weight is 963 g/mol. The Kier molecular flexibility index (Phi) is 9.81. The summed E-state index contributed by atoms with van der Waals surface area (Å²) in [5, 5.41) is 4.62. The minimum atomic E-state index is 0.871. The lowest BCUT2D eigenvalue weighted by atomic mass is 9.91. The molecule has 0 N–H and O–H groups in total. The largest absolute Gasteiger partial charge is 0.456 e. The van der Waals surface area contributed by atoms with Gasteiger partial charge in [0.25, 0.3) is 0 Å². The van der Waals surface area contributed by atoms with Crippen LogP contribution in [0.5, 0.6) is 0 Å². The Labute approximate surface area is 393 Å². The molecule has 0 saturated carbocycles. The molecule has 0 aliphatic carbocycles. The highest BCUT2D eigenvalue weighted by atomic mass is 79.9. The first-order valence-corrected chi connectivity index (χ1v) is 23.3. The molecule has 0 saturated heterocycles. The minimum Gasteiger partial charge on any atom is -0.456 e. The molecule has 0 bridgehead atoms. The van der Waals surface area contributed by atoms with Gasteiger partial charge in [-0.25, -0.2) is 0 Å². The van der Waals surface area contributed by atoms with Crippen LogP contribution in [0.25, 0.3) is 93.9 Å². The summed E-state index contributed by atoms with van der Waals surface area (Å²) in [6.07, 6.45) is 0. The van der Waals surface area contributed by atoms with E-state index in [-0.39, 0.29) is 0 Å². The summed E-state index contributed by atoms with van der Waals surface area (Å²) in [5.74, 6) is 0. The van der Waals surface area contributed by atoms with Gasteiger partial charge in [-0.3, -0.25) is 0 Å². The predicted molar refractivity (Wildman–Crippen MR) is 280 cm³/mol. The number of hydrogen-bond donors (Lipinski definition) is 0. The molecule has 10 aromatic carbocycles. The van der Waals surface area contributed by atoms with Gasteiger partial charge in [0.05, 0.1) is 22.4 Å². The fourth-order valence-corrected chi connectivity index (χ4v) is 10.6. The maximum Gasteiger partial charge on any atom is 0.135 e. The van der Waals surface area contributed by atoms with Gasteiger partial charge in [0.15, 0.2) is 0 Å². The molecular weight excluding hydrogens is 924 g/mol. The molecule has 12 rings (SSSR count). The maximum atomic E-state index is 6.35. The molecular formula is C60H38Br2N2O. The molecule has 5 heteroatoms. The third kappa shape index (κ3) is 6.87. The molecule has 0 aliphatic heterocycles. The molecule has 3 nitrogen and oxygen atoms in total. The number of aromatic nitrogens is 1. The topological polar surface area (TPSA) is 21.3 Å². The number of hydrogen-bond acceptors (Lipinski definition) is 2. The zero-order chi connectivity index (χ0) is 43.4. The first kappa shape index (κ1) is 39.2. The van der Waals surface area contributed by atoms with Crippen molar-refractivity contribution in [1.29, 1.82) is 0 Å². The van der Waals surface area contributed by atoms with Crippen molar-refractivity contribution in [3.8, 4) is 50.2 Å². The molecule has 0 unspecified atom stereocenters. The van der Waals surface area contributed by atoms with Gasteiger partial charge in [-0.1, -0.05) is 190 Å². The molecule has 2 heterocycles. The summed E-state index contributed by atoms with van der Waals surface area (Å²) in [7, 11) is 0. The molecule has 0 radical (unpaired) electrons. The van der Waals surface area contributed by atoms with Crippen molar-refractivity contribution >= 4 is 92.7 Å². The van der Waals surface area contributed by atoms with Gasteiger partial charge >= 0.3 is 0 Å². The Bertz CT molecular complexity index is 3650.